The van der Waals surface area contributed by atoms with E-state index in [4.69, 9.17) is 0 Å². The summed E-state index contributed by atoms with van der Waals surface area (Å²) in [7, 11) is 0. The number of rotatable bonds is 2. The molecule has 0 N–H and O–H groups in total. The molecule has 0 radical (unpaired) electrons. The van der Waals surface area contributed by atoms with E-state index in [0.29, 0.717) is 0 Å². The molecular weight excluding hydrogens is 490 g/mol. The van der Waals surface area contributed by atoms with Crippen LogP contribution >= 0.6 is 0 Å². The van der Waals surface area contributed by atoms with E-state index in [9.17, 15) is 0 Å². The van der Waals surface area contributed by atoms with Gasteiger partial charge in [0, 0.05) is 0 Å². The Morgan fingerprint density at radius 2 is 1.35 bits per heavy atom. The minimum atomic E-state index is -2.30. The SMILES string of the molecule is C1=CC[C]([Hf+2]2([CH]3c4ccccc4-c4ccccc43)[CH2][CH2]2)=C1.[Cl-].[Cl-]. The van der Waals surface area contributed by atoms with E-state index in [0.717, 1.165) is 3.67 Å². The average Bonchev–Trinajstić information content (AvgIpc) is 3.02. The molecule has 116 valence electrons. The zero-order valence-electron chi connectivity index (χ0n) is 12.8. The molecule has 0 atom stereocenters. The van der Waals surface area contributed by atoms with Crippen molar-refractivity contribution in [1.29, 1.82) is 0 Å². The number of hydrogen-bond donors (Lipinski definition) is 0. The molecule has 1 saturated heterocycles. The van der Waals surface area contributed by atoms with Crippen LogP contribution in [0, 0.1) is 0 Å². The van der Waals surface area contributed by atoms with Gasteiger partial charge in [0.25, 0.3) is 0 Å². The topological polar surface area (TPSA) is 0 Å². The van der Waals surface area contributed by atoms with E-state index >= 15 is 0 Å². The quantitative estimate of drug-likeness (QED) is 0.486. The summed E-state index contributed by atoms with van der Waals surface area (Å²) in [5.41, 5.74) is 6.31. The van der Waals surface area contributed by atoms with E-state index in [1.807, 2.05) is 3.33 Å². The van der Waals surface area contributed by atoms with E-state index in [2.05, 4.69) is 66.8 Å². The second-order valence-electron chi connectivity index (χ2n) is 6.59. The van der Waals surface area contributed by atoms with Crippen molar-refractivity contribution in [3.05, 3.63) is 81.2 Å². The van der Waals surface area contributed by atoms with Gasteiger partial charge in [-0.25, -0.2) is 0 Å². The Bertz CT molecular complexity index is 757. The molecule has 0 amide bonds. The fraction of sp³-hybridized carbons (Fsp3) is 0.200. The third kappa shape index (κ3) is 2.44. The minimum absolute atomic E-state index is 0. The van der Waals surface area contributed by atoms with Gasteiger partial charge in [-0.2, -0.15) is 0 Å². The molecule has 3 heteroatoms. The van der Waals surface area contributed by atoms with Crippen molar-refractivity contribution < 1.29 is 44.8 Å². The van der Waals surface area contributed by atoms with Crippen LogP contribution in [-0.2, 0) is 20.0 Å². The number of fused-ring (bicyclic) bond motifs is 3. The van der Waals surface area contributed by atoms with Crippen LogP contribution in [0.2, 0.25) is 8.35 Å². The van der Waals surface area contributed by atoms with Crippen LogP contribution in [0.15, 0.2) is 70.1 Å². The van der Waals surface area contributed by atoms with Gasteiger partial charge in [-0.05, 0) is 0 Å². The maximum Gasteiger partial charge on any atom is -1.00 e. The number of allylic oxidation sites excluding steroid dienone is 4. The molecule has 3 aliphatic rings. The van der Waals surface area contributed by atoms with E-state index < -0.39 is 20.0 Å². The molecule has 2 aromatic rings. The van der Waals surface area contributed by atoms with Crippen molar-refractivity contribution in [2.75, 3.05) is 0 Å². The largest absolute Gasteiger partial charge is 1.00 e. The molecule has 0 saturated carbocycles. The van der Waals surface area contributed by atoms with Gasteiger partial charge < -0.3 is 24.8 Å². The Labute approximate surface area is 154 Å². The molecule has 0 bridgehead atoms. The summed E-state index contributed by atoms with van der Waals surface area (Å²) in [5, 5.41) is 0. The maximum atomic E-state index is 2.47. The van der Waals surface area contributed by atoms with E-state index in [1.54, 1.807) is 19.5 Å². The van der Waals surface area contributed by atoms with Crippen LogP contribution < -0.4 is 24.8 Å². The normalized spacial score (nSPS) is 17.8. The average molecular weight is 508 g/mol. The molecule has 5 rings (SSSR count). The van der Waals surface area contributed by atoms with Gasteiger partial charge in [-0.1, -0.05) is 0 Å². The Morgan fingerprint density at radius 1 is 0.783 bits per heavy atom. The van der Waals surface area contributed by atoms with Gasteiger partial charge in [0.2, 0.25) is 0 Å². The minimum Gasteiger partial charge on any atom is -1.00 e. The fourth-order valence-electron chi connectivity index (χ4n) is 4.50. The van der Waals surface area contributed by atoms with E-state index in [1.165, 1.54) is 17.5 Å². The number of benzene rings is 2. The summed E-state index contributed by atoms with van der Waals surface area (Å²) in [6.07, 6.45) is 8.38. The molecule has 2 aliphatic carbocycles. The summed E-state index contributed by atoms with van der Waals surface area (Å²) < 4.78 is 5.79. The van der Waals surface area contributed by atoms with Gasteiger partial charge in [0.05, 0.1) is 0 Å². The van der Waals surface area contributed by atoms with Crippen molar-refractivity contribution in [1.82, 2.24) is 0 Å². The van der Waals surface area contributed by atoms with Crippen molar-refractivity contribution in [2.45, 2.75) is 18.5 Å². The molecule has 0 spiro atoms. The maximum absolute atomic E-state index is 2.47. The molecule has 0 aromatic heterocycles. The third-order valence-corrected chi connectivity index (χ3v) is 23.4. The Morgan fingerprint density at radius 3 is 1.83 bits per heavy atom. The zero-order valence-corrected chi connectivity index (χ0v) is 17.9. The van der Waals surface area contributed by atoms with Crippen molar-refractivity contribution >= 4 is 0 Å². The first-order valence-corrected chi connectivity index (χ1v) is 16.9. The van der Waals surface area contributed by atoms with Gasteiger partial charge in [-0.3, -0.25) is 0 Å². The van der Waals surface area contributed by atoms with Gasteiger partial charge >= 0.3 is 131 Å². The third-order valence-electron chi connectivity index (χ3n) is 5.59. The molecule has 23 heavy (non-hydrogen) atoms. The second kappa shape index (κ2) is 6.35. The van der Waals surface area contributed by atoms with Gasteiger partial charge in [0.15, 0.2) is 0 Å². The Kier molecular flexibility index (Phi) is 4.75. The summed E-state index contributed by atoms with van der Waals surface area (Å²) >= 11 is -2.30. The van der Waals surface area contributed by atoms with Crippen LogP contribution in [0.4, 0.5) is 0 Å². The first-order chi connectivity index (χ1) is 10.4. The number of hydrogen-bond acceptors (Lipinski definition) is 0. The summed E-state index contributed by atoms with van der Waals surface area (Å²) in [6, 6.07) is 18.4. The molecular formula is C20H18Cl2Hf. The van der Waals surface area contributed by atoms with Crippen LogP contribution in [0.1, 0.15) is 21.2 Å². The predicted octanol–water partition coefficient (Wildman–Crippen LogP) is -0.388. The molecule has 1 heterocycles. The number of halogens is 2. The van der Waals surface area contributed by atoms with Crippen LogP contribution in [0.5, 0.6) is 0 Å². The Hall–Kier alpha value is -0.630. The molecule has 2 aromatic carbocycles. The smallest absolute Gasteiger partial charge is 1.00 e. The summed E-state index contributed by atoms with van der Waals surface area (Å²) in [5.74, 6) is 0. The van der Waals surface area contributed by atoms with Crippen molar-refractivity contribution in [3.8, 4) is 11.1 Å². The van der Waals surface area contributed by atoms with Crippen molar-refractivity contribution in [3.63, 3.8) is 0 Å². The summed E-state index contributed by atoms with van der Waals surface area (Å²) in [4.78, 5) is 0. The van der Waals surface area contributed by atoms with Gasteiger partial charge in [0.1, 0.15) is 0 Å². The first-order valence-electron chi connectivity index (χ1n) is 7.94. The van der Waals surface area contributed by atoms with Crippen LogP contribution in [0.25, 0.3) is 11.1 Å². The molecule has 1 fully saturated rings. The summed E-state index contributed by atoms with van der Waals surface area (Å²) in [6.45, 7) is 0. The first kappa shape index (κ1) is 17.2. The monoisotopic (exact) mass is 508 g/mol. The van der Waals surface area contributed by atoms with Crippen LogP contribution in [0.3, 0.4) is 0 Å². The van der Waals surface area contributed by atoms with Gasteiger partial charge in [-0.15, -0.1) is 0 Å². The molecule has 1 aliphatic heterocycles. The van der Waals surface area contributed by atoms with Crippen molar-refractivity contribution in [2.24, 2.45) is 0 Å². The second-order valence-corrected chi connectivity index (χ2v) is 22.9. The Balaban J connectivity index is 0.000000781. The predicted molar refractivity (Wildman–Crippen MR) is 85.2 cm³/mol. The fourth-order valence-corrected chi connectivity index (χ4v) is 28.6. The molecule has 0 unspecified atom stereocenters. The molecule has 0 nitrogen and oxygen atoms in total. The van der Waals surface area contributed by atoms with E-state index in [-0.39, 0.29) is 24.8 Å². The standard InChI is InChI=1S/C13H9.C5H5.C2H4.2ClH.Hf/c1-3-7-12-10(5-1)9-11-6-2-4-8-13(11)12;1-2-4-5-3-1;1-2;;;/h1-9H;1-3H,4H2;1-2H2;2*1H;/q;;;;;+2/p-2. The zero-order chi connectivity index (χ0) is 13.9. The van der Waals surface area contributed by atoms with Crippen LogP contribution in [-0.4, -0.2) is 0 Å².